The second-order valence-electron chi connectivity index (χ2n) is 2.98. The molecule has 0 aromatic heterocycles. The minimum Gasteiger partial charge on any atom is -0.493 e. The van der Waals surface area contributed by atoms with Crippen LogP contribution < -0.4 is 4.74 Å². The van der Waals surface area contributed by atoms with Crippen LogP contribution in [-0.2, 0) is 0 Å². The maximum absolute atomic E-state index is 10.7. The van der Waals surface area contributed by atoms with E-state index < -0.39 is 6.04 Å². The van der Waals surface area contributed by atoms with Crippen LogP contribution in [0.1, 0.15) is 18.0 Å². The molecule has 0 saturated heterocycles. The number of benzene rings is 1. The summed E-state index contributed by atoms with van der Waals surface area (Å²) in [6.07, 6.45) is 0.462. The van der Waals surface area contributed by atoms with Crippen LogP contribution in [0.25, 0.3) is 0 Å². The van der Waals surface area contributed by atoms with Gasteiger partial charge in [0.15, 0.2) is 0 Å². The van der Waals surface area contributed by atoms with Crippen LogP contribution in [0.3, 0.4) is 0 Å². The van der Waals surface area contributed by atoms with Gasteiger partial charge in [0.1, 0.15) is 5.75 Å². The monoisotopic (exact) mass is 179 g/mol. The molecular formula is C9H9NO3. The van der Waals surface area contributed by atoms with Crippen LogP contribution in [0.4, 0.5) is 0 Å². The van der Waals surface area contributed by atoms with Gasteiger partial charge in [0.25, 0.3) is 0 Å². The molecule has 1 heterocycles. The Labute approximate surface area is 75.3 Å². The molecule has 4 nitrogen and oxygen atoms in total. The molecule has 1 aromatic carbocycles. The van der Waals surface area contributed by atoms with E-state index in [2.05, 4.69) is 0 Å². The van der Waals surface area contributed by atoms with Gasteiger partial charge in [-0.2, -0.15) is 0 Å². The second-order valence-corrected chi connectivity index (χ2v) is 2.98. The summed E-state index contributed by atoms with van der Waals surface area (Å²) in [6.45, 7) is 0.433. The van der Waals surface area contributed by atoms with Gasteiger partial charge in [-0.25, -0.2) is 0 Å². The molecule has 1 aromatic rings. The maximum atomic E-state index is 10.7. The number of rotatable bonds is 1. The zero-order valence-corrected chi connectivity index (χ0v) is 6.97. The zero-order valence-electron chi connectivity index (χ0n) is 6.97. The van der Waals surface area contributed by atoms with Crippen molar-refractivity contribution in [3.8, 4) is 5.75 Å². The van der Waals surface area contributed by atoms with Crippen molar-refractivity contribution in [2.75, 3.05) is 6.61 Å². The fourth-order valence-electron chi connectivity index (χ4n) is 1.54. The van der Waals surface area contributed by atoms with Gasteiger partial charge in [0, 0.05) is 4.92 Å². The minimum atomic E-state index is -0.593. The van der Waals surface area contributed by atoms with E-state index in [4.69, 9.17) is 4.74 Å². The first-order valence-electron chi connectivity index (χ1n) is 4.14. The van der Waals surface area contributed by atoms with Gasteiger partial charge in [0.05, 0.1) is 18.6 Å². The van der Waals surface area contributed by atoms with E-state index in [1.165, 1.54) is 0 Å². The van der Waals surface area contributed by atoms with Gasteiger partial charge in [-0.05, 0) is 12.1 Å². The molecule has 13 heavy (non-hydrogen) atoms. The highest BCUT2D eigenvalue weighted by atomic mass is 16.6. The molecular weight excluding hydrogens is 170 g/mol. The lowest BCUT2D eigenvalue weighted by Gasteiger charge is -2.19. The van der Waals surface area contributed by atoms with E-state index in [9.17, 15) is 10.1 Å². The third-order valence-electron chi connectivity index (χ3n) is 2.18. The average Bonchev–Trinajstić information content (AvgIpc) is 2.17. The SMILES string of the molecule is O=[N+]([O-])C1CCOc2ccccc21. The Balaban J connectivity index is 2.42. The van der Waals surface area contributed by atoms with E-state index >= 15 is 0 Å². The van der Waals surface area contributed by atoms with Crippen molar-refractivity contribution in [2.45, 2.75) is 12.5 Å². The molecule has 2 rings (SSSR count). The minimum absolute atomic E-state index is 0.249. The lowest BCUT2D eigenvalue weighted by atomic mass is 10.0. The summed E-state index contributed by atoms with van der Waals surface area (Å²) >= 11 is 0. The molecule has 0 N–H and O–H groups in total. The number of hydrogen-bond donors (Lipinski definition) is 0. The molecule has 0 saturated carbocycles. The van der Waals surface area contributed by atoms with Crippen LogP contribution in [0.15, 0.2) is 24.3 Å². The second kappa shape index (κ2) is 3.05. The molecule has 0 spiro atoms. The summed E-state index contributed by atoms with van der Waals surface area (Å²) in [4.78, 5) is 10.4. The number of nitro groups is 1. The smallest absolute Gasteiger partial charge is 0.244 e. The molecule has 1 unspecified atom stereocenters. The largest absolute Gasteiger partial charge is 0.493 e. The van der Waals surface area contributed by atoms with Gasteiger partial charge in [-0.3, -0.25) is 10.1 Å². The predicted molar refractivity (Wildman–Crippen MR) is 46.3 cm³/mol. The highest BCUT2D eigenvalue weighted by molar-refractivity contribution is 5.36. The fourth-order valence-corrected chi connectivity index (χ4v) is 1.54. The zero-order chi connectivity index (χ0) is 9.26. The lowest BCUT2D eigenvalue weighted by Crippen LogP contribution is -2.20. The van der Waals surface area contributed by atoms with Gasteiger partial charge >= 0.3 is 0 Å². The first-order chi connectivity index (χ1) is 6.29. The normalized spacial score (nSPS) is 20.2. The van der Waals surface area contributed by atoms with Crippen LogP contribution in [0.5, 0.6) is 5.75 Å². The molecule has 0 fully saturated rings. The quantitative estimate of drug-likeness (QED) is 0.487. The van der Waals surface area contributed by atoms with Crippen molar-refractivity contribution in [3.63, 3.8) is 0 Å². The Hall–Kier alpha value is -1.58. The molecule has 0 amide bonds. The Kier molecular flexibility index (Phi) is 1.88. The van der Waals surface area contributed by atoms with Crippen LogP contribution >= 0.6 is 0 Å². The van der Waals surface area contributed by atoms with Gasteiger partial charge in [-0.15, -0.1) is 0 Å². The highest BCUT2D eigenvalue weighted by Gasteiger charge is 2.29. The Morgan fingerprint density at radius 1 is 1.46 bits per heavy atom. The van der Waals surface area contributed by atoms with E-state index in [0.717, 1.165) is 0 Å². The Morgan fingerprint density at radius 2 is 2.23 bits per heavy atom. The first kappa shape index (κ1) is 8.04. The van der Waals surface area contributed by atoms with Crippen molar-refractivity contribution >= 4 is 0 Å². The first-order valence-corrected chi connectivity index (χ1v) is 4.14. The van der Waals surface area contributed by atoms with Crippen molar-refractivity contribution in [1.82, 2.24) is 0 Å². The fraction of sp³-hybridized carbons (Fsp3) is 0.333. The Bertz CT molecular complexity index is 337. The summed E-state index contributed by atoms with van der Waals surface area (Å²) in [5.41, 5.74) is 0.693. The molecule has 1 aliphatic rings. The lowest BCUT2D eigenvalue weighted by molar-refractivity contribution is -0.531. The van der Waals surface area contributed by atoms with E-state index in [0.29, 0.717) is 24.3 Å². The summed E-state index contributed by atoms with van der Waals surface area (Å²) in [6, 6.07) is 6.54. The van der Waals surface area contributed by atoms with E-state index in [-0.39, 0.29) is 4.92 Å². The summed E-state index contributed by atoms with van der Waals surface area (Å²) in [5, 5.41) is 10.7. The standard InChI is InChI=1S/C9H9NO3/c11-10(12)8-5-6-13-9-4-2-1-3-7(8)9/h1-4,8H,5-6H2. The molecule has 68 valence electrons. The van der Waals surface area contributed by atoms with Crippen LogP contribution in [0.2, 0.25) is 0 Å². The number of hydrogen-bond acceptors (Lipinski definition) is 3. The summed E-state index contributed by atoms with van der Waals surface area (Å²) < 4.78 is 5.30. The maximum Gasteiger partial charge on any atom is 0.244 e. The number of fused-ring (bicyclic) bond motifs is 1. The third kappa shape index (κ3) is 1.35. The van der Waals surface area contributed by atoms with Gasteiger partial charge < -0.3 is 4.74 Å². The van der Waals surface area contributed by atoms with E-state index in [1.54, 1.807) is 18.2 Å². The summed E-state index contributed by atoms with van der Waals surface area (Å²) in [5.74, 6) is 0.649. The molecule has 0 radical (unpaired) electrons. The number of para-hydroxylation sites is 1. The Morgan fingerprint density at radius 3 is 3.00 bits per heavy atom. The van der Waals surface area contributed by atoms with Crippen LogP contribution in [-0.4, -0.2) is 11.5 Å². The third-order valence-corrected chi connectivity index (χ3v) is 2.18. The topological polar surface area (TPSA) is 52.4 Å². The van der Waals surface area contributed by atoms with Gasteiger partial charge in [0.2, 0.25) is 6.04 Å². The van der Waals surface area contributed by atoms with Crippen molar-refractivity contribution in [2.24, 2.45) is 0 Å². The molecule has 1 atom stereocenters. The molecule has 0 aliphatic carbocycles. The molecule has 1 aliphatic heterocycles. The van der Waals surface area contributed by atoms with Crippen LogP contribution in [0, 0.1) is 10.1 Å². The average molecular weight is 179 g/mol. The number of nitrogens with zero attached hydrogens (tertiary/aromatic N) is 1. The molecule has 0 bridgehead atoms. The van der Waals surface area contributed by atoms with Crippen molar-refractivity contribution in [1.29, 1.82) is 0 Å². The predicted octanol–water partition coefficient (Wildman–Crippen LogP) is 1.79. The van der Waals surface area contributed by atoms with E-state index in [1.807, 2.05) is 6.07 Å². The summed E-state index contributed by atoms with van der Waals surface area (Å²) in [7, 11) is 0. The molecule has 4 heteroatoms. The van der Waals surface area contributed by atoms with Crippen molar-refractivity contribution in [3.05, 3.63) is 39.9 Å². The van der Waals surface area contributed by atoms with Crippen molar-refractivity contribution < 1.29 is 9.66 Å². The van der Waals surface area contributed by atoms with Gasteiger partial charge in [-0.1, -0.05) is 12.1 Å². The highest BCUT2D eigenvalue weighted by Crippen LogP contribution is 2.33. The number of ether oxygens (including phenoxy) is 1.